The topological polar surface area (TPSA) is 69.1 Å². The third-order valence-electron chi connectivity index (χ3n) is 3.13. The molecule has 0 saturated heterocycles. The van der Waals surface area contributed by atoms with Gasteiger partial charge in [-0.05, 0) is 47.9 Å². The molecule has 1 aliphatic rings. The number of fused-ring (bicyclic) bond motifs is 2. The summed E-state index contributed by atoms with van der Waals surface area (Å²) in [5.41, 5.74) is 16.2. The second-order valence-corrected chi connectivity index (χ2v) is 4.34. The summed E-state index contributed by atoms with van der Waals surface area (Å²) < 4.78 is 0. The molecule has 2 aromatic rings. The molecule has 1 aliphatic carbocycles. The molecule has 17 heavy (non-hydrogen) atoms. The molecule has 3 heteroatoms. The fourth-order valence-electron chi connectivity index (χ4n) is 2.29. The first-order valence-electron chi connectivity index (χ1n) is 5.46. The number of carbonyl (C=O) groups excluding carboxylic acids is 1. The molecule has 0 aliphatic heterocycles. The summed E-state index contributed by atoms with van der Waals surface area (Å²) in [5.74, 6) is 0.0357. The van der Waals surface area contributed by atoms with Crippen LogP contribution in [0.2, 0.25) is 0 Å². The molecule has 0 atom stereocenters. The van der Waals surface area contributed by atoms with Gasteiger partial charge in [0.1, 0.15) is 0 Å². The normalized spacial score (nSPS) is 13.1. The van der Waals surface area contributed by atoms with Gasteiger partial charge in [0.15, 0.2) is 5.78 Å². The van der Waals surface area contributed by atoms with E-state index in [1.807, 2.05) is 18.2 Å². The average molecular weight is 224 g/mol. The summed E-state index contributed by atoms with van der Waals surface area (Å²) in [5, 5.41) is 0. The van der Waals surface area contributed by atoms with E-state index in [4.69, 9.17) is 11.5 Å². The number of nitrogens with two attached hydrogens (primary N) is 2. The lowest BCUT2D eigenvalue weighted by Gasteiger charge is -2.19. The van der Waals surface area contributed by atoms with E-state index >= 15 is 0 Å². The van der Waals surface area contributed by atoms with Gasteiger partial charge in [-0.2, -0.15) is 0 Å². The molecule has 4 N–H and O–H groups in total. The Hall–Kier alpha value is -2.29. The summed E-state index contributed by atoms with van der Waals surface area (Å²) in [6.07, 6.45) is 0.738. The smallest absolute Gasteiger partial charge is 0.193 e. The number of hydrogen-bond donors (Lipinski definition) is 2. The van der Waals surface area contributed by atoms with Crippen molar-refractivity contribution >= 4 is 17.2 Å². The maximum absolute atomic E-state index is 12.3. The highest BCUT2D eigenvalue weighted by atomic mass is 16.1. The maximum Gasteiger partial charge on any atom is 0.193 e. The van der Waals surface area contributed by atoms with Crippen LogP contribution in [0.5, 0.6) is 0 Å². The second kappa shape index (κ2) is 3.35. The van der Waals surface area contributed by atoms with Crippen molar-refractivity contribution in [2.75, 3.05) is 11.5 Å². The number of nitrogen functional groups attached to an aromatic ring is 2. The van der Waals surface area contributed by atoms with Crippen LogP contribution in [0.4, 0.5) is 11.4 Å². The van der Waals surface area contributed by atoms with Crippen LogP contribution in [-0.2, 0) is 6.42 Å². The minimum Gasteiger partial charge on any atom is -0.399 e. The SMILES string of the molecule is Nc1ccc2c(c1)Cc1ccc(N)cc1C2=O. The highest BCUT2D eigenvalue weighted by Crippen LogP contribution is 2.29. The Balaban J connectivity index is 2.21. The van der Waals surface area contributed by atoms with E-state index < -0.39 is 0 Å². The quantitative estimate of drug-likeness (QED) is 0.574. The Bertz CT molecular complexity index is 632. The van der Waals surface area contributed by atoms with Crippen molar-refractivity contribution in [3.8, 4) is 0 Å². The summed E-state index contributed by atoms with van der Waals surface area (Å²) >= 11 is 0. The molecule has 3 nitrogen and oxygen atoms in total. The minimum absolute atomic E-state index is 0.0357. The Labute approximate surface area is 99.1 Å². The Morgan fingerprint density at radius 3 is 2.35 bits per heavy atom. The highest BCUT2D eigenvalue weighted by molar-refractivity contribution is 6.12. The van der Waals surface area contributed by atoms with Gasteiger partial charge in [-0.3, -0.25) is 4.79 Å². The largest absolute Gasteiger partial charge is 0.399 e. The Kier molecular flexibility index (Phi) is 1.95. The van der Waals surface area contributed by atoms with E-state index in [9.17, 15) is 4.79 Å². The summed E-state index contributed by atoms with van der Waals surface area (Å²) in [6.45, 7) is 0. The molecule has 0 saturated carbocycles. The summed E-state index contributed by atoms with van der Waals surface area (Å²) in [6, 6.07) is 10.9. The van der Waals surface area contributed by atoms with Gasteiger partial charge < -0.3 is 11.5 Å². The van der Waals surface area contributed by atoms with Crippen LogP contribution in [0.15, 0.2) is 36.4 Å². The van der Waals surface area contributed by atoms with Crippen LogP contribution in [0.3, 0.4) is 0 Å². The lowest BCUT2D eigenvalue weighted by Crippen LogP contribution is -2.15. The minimum atomic E-state index is 0.0357. The lowest BCUT2D eigenvalue weighted by molar-refractivity contribution is 0.103. The van der Waals surface area contributed by atoms with Crippen LogP contribution in [-0.4, -0.2) is 5.78 Å². The van der Waals surface area contributed by atoms with Gasteiger partial charge in [0.25, 0.3) is 0 Å². The van der Waals surface area contributed by atoms with E-state index in [-0.39, 0.29) is 5.78 Å². The molecule has 3 rings (SSSR count). The van der Waals surface area contributed by atoms with Crippen molar-refractivity contribution in [3.63, 3.8) is 0 Å². The number of rotatable bonds is 0. The summed E-state index contributed by atoms with van der Waals surface area (Å²) in [7, 11) is 0. The van der Waals surface area contributed by atoms with Crippen molar-refractivity contribution in [2.45, 2.75) is 6.42 Å². The van der Waals surface area contributed by atoms with Gasteiger partial charge in [0.05, 0.1) is 0 Å². The first kappa shape index (κ1) is 9.90. The number of benzene rings is 2. The predicted octanol–water partition coefficient (Wildman–Crippen LogP) is 1.99. The zero-order valence-corrected chi connectivity index (χ0v) is 9.23. The van der Waals surface area contributed by atoms with Gasteiger partial charge in [0.2, 0.25) is 0 Å². The molecule has 84 valence electrons. The Morgan fingerprint density at radius 1 is 0.824 bits per heavy atom. The van der Waals surface area contributed by atoms with E-state index in [0.29, 0.717) is 16.9 Å². The van der Waals surface area contributed by atoms with Gasteiger partial charge in [-0.1, -0.05) is 6.07 Å². The fraction of sp³-hybridized carbons (Fsp3) is 0.0714. The molecule has 0 spiro atoms. The number of anilines is 2. The molecular weight excluding hydrogens is 212 g/mol. The summed E-state index contributed by atoms with van der Waals surface area (Å²) in [4.78, 5) is 12.3. The van der Waals surface area contributed by atoms with Crippen LogP contribution >= 0.6 is 0 Å². The number of ketones is 1. The molecule has 0 radical (unpaired) electrons. The molecule has 0 unspecified atom stereocenters. The van der Waals surface area contributed by atoms with Gasteiger partial charge in [-0.25, -0.2) is 0 Å². The van der Waals surface area contributed by atoms with Crippen LogP contribution in [0, 0.1) is 0 Å². The molecule has 2 aromatic carbocycles. The zero-order valence-electron chi connectivity index (χ0n) is 9.23. The molecular formula is C14H12N2O. The third kappa shape index (κ3) is 1.47. The molecule has 0 fully saturated rings. The lowest BCUT2D eigenvalue weighted by atomic mass is 9.84. The fourth-order valence-corrected chi connectivity index (χ4v) is 2.29. The second-order valence-electron chi connectivity index (χ2n) is 4.34. The first-order valence-corrected chi connectivity index (χ1v) is 5.46. The molecule has 0 bridgehead atoms. The molecule has 0 heterocycles. The van der Waals surface area contributed by atoms with Crippen LogP contribution in [0.25, 0.3) is 0 Å². The van der Waals surface area contributed by atoms with Crippen molar-refractivity contribution < 1.29 is 4.79 Å². The highest BCUT2D eigenvalue weighted by Gasteiger charge is 2.23. The van der Waals surface area contributed by atoms with Gasteiger partial charge in [-0.15, -0.1) is 0 Å². The van der Waals surface area contributed by atoms with E-state index in [1.165, 1.54) is 0 Å². The van der Waals surface area contributed by atoms with E-state index in [1.54, 1.807) is 18.2 Å². The number of hydrogen-bond acceptors (Lipinski definition) is 3. The van der Waals surface area contributed by atoms with Crippen molar-refractivity contribution in [2.24, 2.45) is 0 Å². The van der Waals surface area contributed by atoms with Crippen molar-refractivity contribution in [1.82, 2.24) is 0 Å². The van der Waals surface area contributed by atoms with Crippen molar-refractivity contribution in [3.05, 3.63) is 58.7 Å². The Morgan fingerprint density at radius 2 is 1.53 bits per heavy atom. The van der Waals surface area contributed by atoms with Crippen molar-refractivity contribution in [1.29, 1.82) is 0 Å². The van der Waals surface area contributed by atoms with E-state index in [0.717, 1.165) is 23.1 Å². The van der Waals surface area contributed by atoms with E-state index in [2.05, 4.69) is 0 Å². The van der Waals surface area contributed by atoms with Crippen LogP contribution < -0.4 is 11.5 Å². The molecule has 0 amide bonds. The third-order valence-corrected chi connectivity index (χ3v) is 3.13. The van der Waals surface area contributed by atoms with Gasteiger partial charge in [0, 0.05) is 22.5 Å². The van der Waals surface area contributed by atoms with Crippen LogP contribution in [0.1, 0.15) is 27.0 Å². The average Bonchev–Trinajstić information content (AvgIpc) is 2.30. The zero-order chi connectivity index (χ0) is 12.0. The van der Waals surface area contributed by atoms with Gasteiger partial charge >= 0.3 is 0 Å². The maximum atomic E-state index is 12.3. The predicted molar refractivity (Wildman–Crippen MR) is 67.9 cm³/mol. The molecule has 0 aromatic heterocycles. The number of carbonyl (C=O) groups is 1. The monoisotopic (exact) mass is 224 g/mol. The first-order chi connectivity index (χ1) is 8.15. The standard InChI is InChI=1S/C14H12N2O/c15-10-3-4-12-9(6-10)5-8-1-2-11(16)7-13(8)14(12)17/h1-4,6-7H,5,15-16H2.